The summed E-state index contributed by atoms with van der Waals surface area (Å²) in [6.45, 7) is 5.59. The van der Waals surface area contributed by atoms with Crippen molar-refractivity contribution in [1.29, 1.82) is 0 Å². The summed E-state index contributed by atoms with van der Waals surface area (Å²) >= 11 is 0. The van der Waals surface area contributed by atoms with Gasteiger partial charge in [0.2, 0.25) is 10.0 Å². The predicted octanol–water partition coefficient (Wildman–Crippen LogP) is 0.0547. The van der Waals surface area contributed by atoms with E-state index in [0.717, 1.165) is 5.69 Å². The van der Waals surface area contributed by atoms with E-state index in [1.165, 1.54) is 10.6 Å². The highest BCUT2D eigenvalue weighted by molar-refractivity contribution is 7.88. The number of aromatic nitrogens is 2. The zero-order chi connectivity index (χ0) is 16.8. The van der Waals surface area contributed by atoms with Crippen molar-refractivity contribution in [3.63, 3.8) is 0 Å². The first-order valence-corrected chi connectivity index (χ1v) is 9.44. The van der Waals surface area contributed by atoms with E-state index in [1.54, 1.807) is 0 Å². The fourth-order valence-electron chi connectivity index (χ4n) is 2.93. The minimum atomic E-state index is -3.27. The second-order valence-electron chi connectivity index (χ2n) is 6.95. The summed E-state index contributed by atoms with van der Waals surface area (Å²) < 4.78 is 30.5. The number of hydrogen-bond acceptors (Lipinski definition) is 5. The van der Waals surface area contributed by atoms with Crippen molar-refractivity contribution in [3.8, 4) is 0 Å². The van der Waals surface area contributed by atoms with E-state index in [2.05, 4.69) is 29.1 Å². The molecule has 23 heavy (non-hydrogen) atoms. The minimum Gasteiger partial charge on any atom is -0.368 e. The second-order valence-corrected chi connectivity index (χ2v) is 8.94. The van der Waals surface area contributed by atoms with Crippen LogP contribution in [0.15, 0.2) is 0 Å². The van der Waals surface area contributed by atoms with Crippen molar-refractivity contribution in [1.82, 2.24) is 19.6 Å². The molecule has 1 aromatic rings. The number of morpholine rings is 1. The number of rotatable bonds is 2. The Labute approximate surface area is 135 Å². The predicted molar refractivity (Wildman–Crippen MR) is 83.5 cm³/mol. The van der Waals surface area contributed by atoms with Gasteiger partial charge in [-0.15, -0.1) is 0 Å². The first-order valence-electron chi connectivity index (χ1n) is 7.59. The van der Waals surface area contributed by atoms with Crippen LogP contribution in [-0.4, -0.2) is 61.1 Å². The van der Waals surface area contributed by atoms with Crippen LogP contribution in [0.1, 0.15) is 42.0 Å². The third-order valence-corrected chi connectivity index (χ3v) is 5.47. The molecule has 1 aromatic heterocycles. The SMILES string of the molecule is CC1(C)CNC(=O)c2nc([C@H]3CN(S(C)(=O)=O)CCO3)[nH]c2C1. The van der Waals surface area contributed by atoms with E-state index in [1.807, 2.05) is 0 Å². The molecule has 0 spiro atoms. The zero-order valence-corrected chi connectivity index (χ0v) is 14.4. The number of nitrogens with zero attached hydrogens (tertiary/aromatic N) is 2. The maximum absolute atomic E-state index is 12.2. The summed E-state index contributed by atoms with van der Waals surface area (Å²) in [4.78, 5) is 19.7. The third kappa shape index (κ3) is 3.41. The van der Waals surface area contributed by atoms with Crippen LogP contribution in [0, 0.1) is 5.41 Å². The Morgan fingerprint density at radius 3 is 2.83 bits per heavy atom. The molecule has 0 bridgehead atoms. The normalized spacial score (nSPS) is 25.5. The van der Waals surface area contributed by atoms with Gasteiger partial charge in [0, 0.05) is 25.3 Å². The summed E-state index contributed by atoms with van der Waals surface area (Å²) in [5.74, 6) is 0.306. The number of carbonyl (C=O) groups is 1. The highest BCUT2D eigenvalue weighted by atomic mass is 32.2. The van der Waals surface area contributed by atoms with Gasteiger partial charge in [0.15, 0.2) is 0 Å². The van der Waals surface area contributed by atoms with Crippen molar-refractivity contribution in [2.75, 3.05) is 32.5 Å². The number of nitrogens with one attached hydrogen (secondary N) is 2. The molecule has 0 radical (unpaired) electrons. The fraction of sp³-hybridized carbons (Fsp3) is 0.714. The van der Waals surface area contributed by atoms with Crippen molar-refractivity contribution in [2.24, 2.45) is 5.41 Å². The molecular formula is C14H22N4O4S. The Hall–Kier alpha value is -1.45. The van der Waals surface area contributed by atoms with Crippen LogP contribution >= 0.6 is 0 Å². The average Bonchev–Trinajstić information content (AvgIpc) is 2.83. The molecule has 2 aliphatic heterocycles. The van der Waals surface area contributed by atoms with Gasteiger partial charge in [-0.1, -0.05) is 13.8 Å². The molecule has 2 aliphatic rings. The highest BCUT2D eigenvalue weighted by Gasteiger charge is 2.34. The molecule has 0 aliphatic carbocycles. The highest BCUT2D eigenvalue weighted by Crippen LogP contribution is 2.28. The molecule has 3 rings (SSSR count). The lowest BCUT2D eigenvalue weighted by molar-refractivity contribution is -0.00698. The Balaban J connectivity index is 1.88. The van der Waals surface area contributed by atoms with E-state index in [-0.39, 0.29) is 17.9 Å². The molecule has 1 fully saturated rings. The molecule has 0 aromatic carbocycles. The lowest BCUT2D eigenvalue weighted by Gasteiger charge is -2.30. The van der Waals surface area contributed by atoms with E-state index in [9.17, 15) is 13.2 Å². The van der Waals surface area contributed by atoms with Crippen LogP contribution in [0.25, 0.3) is 0 Å². The summed E-state index contributed by atoms with van der Waals surface area (Å²) in [6, 6.07) is 0. The Kier molecular flexibility index (Phi) is 3.97. The lowest BCUT2D eigenvalue weighted by atomic mass is 9.88. The number of fused-ring (bicyclic) bond motifs is 1. The molecular weight excluding hydrogens is 320 g/mol. The molecule has 2 N–H and O–H groups in total. The van der Waals surface area contributed by atoms with Gasteiger partial charge in [-0.3, -0.25) is 4.79 Å². The largest absolute Gasteiger partial charge is 0.368 e. The minimum absolute atomic E-state index is 0.0725. The molecule has 3 heterocycles. The summed E-state index contributed by atoms with van der Waals surface area (Å²) in [5, 5.41) is 2.87. The molecule has 1 saturated heterocycles. The monoisotopic (exact) mass is 342 g/mol. The number of aromatic amines is 1. The molecule has 0 saturated carbocycles. The van der Waals surface area contributed by atoms with Gasteiger partial charge < -0.3 is 15.0 Å². The molecule has 0 unspecified atom stereocenters. The molecule has 1 atom stereocenters. The van der Waals surface area contributed by atoms with Gasteiger partial charge in [-0.25, -0.2) is 13.4 Å². The number of amides is 1. The van der Waals surface area contributed by atoms with E-state index in [0.29, 0.717) is 37.6 Å². The number of imidazole rings is 1. The van der Waals surface area contributed by atoms with E-state index < -0.39 is 16.1 Å². The first-order chi connectivity index (χ1) is 10.7. The fourth-order valence-corrected chi connectivity index (χ4v) is 3.75. The topological polar surface area (TPSA) is 104 Å². The van der Waals surface area contributed by atoms with Crippen LogP contribution in [0.3, 0.4) is 0 Å². The molecule has 128 valence electrons. The number of sulfonamides is 1. The van der Waals surface area contributed by atoms with Crippen molar-refractivity contribution in [3.05, 3.63) is 17.2 Å². The van der Waals surface area contributed by atoms with Gasteiger partial charge in [-0.2, -0.15) is 4.31 Å². The smallest absolute Gasteiger partial charge is 0.271 e. The Morgan fingerprint density at radius 1 is 1.39 bits per heavy atom. The van der Waals surface area contributed by atoms with Crippen LogP contribution in [0.5, 0.6) is 0 Å². The zero-order valence-electron chi connectivity index (χ0n) is 13.5. The Bertz CT molecular complexity index is 725. The third-order valence-electron chi connectivity index (χ3n) is 4.20. The van der Waals surface area contributed by atoms with Crippen LogP contribution in [-0.2, 0) is 21.2 Å². The van der Waals surface area contributed by atoms with Crippen LogP contribution < -0.4 is 5.32 Å². The second kappa shape index (κ2) is 5.57. The average molecular weight is 342 g/mol. The summed E-state index contributed by atoms with van der Waals surface area (Å²) in [6.07, 6.45) is 1.39. The van der Waals surface area contributed by atoms with Crippen LogP contribution in [0.4, 0.5) is 0 Å². The lowest BCUT2D eigenvalue weighted by Crippen LogP contribution is -2.42. The first kappa shape index (κ1) is 16.4. The van der Waals surface area contributed by atoms with Gasteiger partial charge in [-0.05, 0) is 11.8 Å². The van der Waals surface area contributed by atoms with Gasteiger partial charge >= 0.3 is 0 Å². The Morgan fingerprint density at radius 2 is 2.13 bits per heavy atom. The van der Waals surface area contributed by atoms with Crippen molar-refractivity contribution in [2.45, 2.75) is 26.4 Å². The summed E-state index contributed by atoms with van der Waals surface area (Å²) in [5.41, 5.74) is 1.09. The maximum atomic E-state index is 12.2. The molecule has 9 heteroatoms. The molecule has 1 amide bonds. The summed E-state index contributed by atoms with van der Waals surface area (Å²) in [7, 11) is -3.27. The number of hydrogen-bond donors (Lipinski definition) is 2. The number of carbonyl (C=O) groups excluding carboxylic acids is 1. The quantitative estimate of drug-likeness (QED) is 0.790. The van der Waals surface area contributed by atoms with Crippen molar-refractivity contribution >= 4 is 15.9 Å². The number of ether oxygens (including phenoxy) is 1. The van der Waals surface area contributed by atoms with E-state index in [4.69, 9.17) is 4.74 Å². The van der Waals surface area contributed by atoms with Gasteiger partial charge in [0.25, 0.3) is 5.91 Å². The molecule has 8 nitrogen and oxygen atoms in total. The van der Waals surface area contributed by atoms with Crippen LogP contribution in [0.2, 0.25) is 0 Å². The van der Waals surface area contributed by atoms with Gasteiger partial charge in [0.1, 0.15) is 17.6 Å². The number of H-pyrrole nitrogens is 1. The van der Waals surface area contributed by atoms with E-state index >= 15 is 0 Å². The van der Waals surface area contributed by atoms with Crippen molar-refractivity contribution < 1.29 is 17.9 Å². The maximum Gasteiger partial charge on any atom is 0.271 e. The standard InChI is InChI=1S/C14H22N4O4S/c1-14(2)6-9-11(13(19)15-8-14)17-12(16-9)10-7-18(4-5-22-10)23(3,20)21/h10H,4-8H2,1-3H3,(H,15,19)(H,16,17)/t10-/m1/s1. The van der Waals surface area contributed by atoms with Gasteiger partial charge in [0.05, 0.1) is 12.9 Å².